The van der Waals surface area contributed by atoms with Crippen molar-refractivity contribution in [1.82, 2.24) is 15.6 Å². The highest BCUT2D eigenvalue weighted by Crippen LogP contribution is 2.20. The number of carbonyl (C=O) groups excluding carboxylic acids is 1. The van der Waals surface area contributed by atoms with Gasteiger partial charge in [0.15, 0.2) is 0 Å². The van der Waals surface area contributed by atoms with Gasteiger partial charge >= 0.3 is 6.03 Å². The molecule has 0 unspecified atom stereocenters. The van der Waals surface area contributed by atoms with Gasteiger partial charge in [-0.25, -0.2) is 13.2 Å². The molecule has 1 aromatic carbocycles. The van der Waals surface area contributed by atoms with Gasteiger partial charge in [-0.1, -0.05) is 30.3 Å². The molecule has 0 spiro atoms. The fourth-order valence-electron chi connectivity index (χ4n) is 2.09. The zero-order chi connectivity index (χ0) is 16.7. The summed E-state index contributed by atoms with van der Waals surface area (Å²) in [4.78, 5) is 16.0. The van der Waals surface area contributed by atoms with Crippen LogP contribution >= 0.6 is 0 Å². The number of nitrogens with zero attached hydrogens (tertiary/aromatic N) is 1. The zero-order valence-corrected chi connectivity index (χ0v) is 13.6. The number of benzene rings is 1. The zero-order valence-electron chi connectivity index (χ0n) is 12.8. The molecule has 1 atom stereocenters. The molecule has 1 aromatic heterocycles. The predicted molar refractivity (Wildman–Crippen MR) is 88.8 cm³/mol. The number of nitrogens with one attached hydrogen (secondary N) is 2. The molecule has 0 radical (unpaired) electrons. The predicted octanol–water partition coefficient (Wildman–Crippen LogP) is 1.51. The first-order valence-corrected chi connectivity index (χ1v) is 9.19. The van der Waals surface area contributed by atoms with Gasteiger partial charge in [-0.15, -0.1) is 0 Å². The molecule has 2 rings (SSSR count). The lowest BCUT2D eigenvalue weighted by molar-refractivity contribution is 0.239. The Kier molecular flexibility index (Phi) is 5.70. The van der Waals surface area contributed by atoms with Crippen LogP contribution in [0.25, 0.3) is 0 Å². The van der Waals surface area contributed by atoms with E-state index < -0.39 is 15.9 Å². The normalized spacial score (nSPS) is 12.4. The van der Waals surface area contributed by atoms with Crippen molar-refractivity contribution in [3.8, 4) is 0 Å². The average molecular weight is 333 g/mol. The molecule has 7 heteroatoms. The Labute approximate surface area is 135 Å². The summed E-state index contributed by atoms with van der Waals surface area (Å²) in [5.74, 6) is -0.0916. The molecule has 1 heterocycles. The standard InChI is InChI=1S/C16H19N3O3S/c1-23(21,22)12-11-18-16(20)19-15(13-5-3-2-4-6-13)14-7-9-17-10-8-14/h2-10,15H,11-12H2,1H3,(H2,18,19,20)/t15-/m0/s1. The molecule has 0 aliphatic rings. The van der Waals surface area contributed by atoms with Crippen LogP contribution in [0, 0.1) is 0 Å². The Balaban J connectivity index is 2.08. The maximum absolute atomic E-state index is 12.1. The van der Waals surface area contributed by atoms with Gasteiger partial charge in [0, 0.05) is 25.2 Å². The minimum Gasteiger partial charge on any atom is -0.337 e. The van der Waals surface area contributed by atoms with Crippen molar-refractivity contribution >= 4 is 15.9 Å². The van der Waals surface area contributed by atoms with Gasteiger partial charge in [-0.3, -0.25) is 4.98 Å². The van der Waals surface area contributed by atoms with Crippen molar-refractivity contribution < 1.29 is 13.2 Å². The molecule has 0 saturated carbocycles. The van der Waals surface area contributed by atoms with Gasteiger partial charge in [0.25, 0.3) is 0 Å². The van der Waals surface area contributed by atoms with E-state index in [1.165, 1.54) is 0 Å². The van der Waals surface area contributed by atoms with Crippen molar-refractivity contribution in [1.29, 1.82) is 0 Å². The third kappa shape index (κ3) is 5.71. The summed E-state index contributed by atoms with van der Waals surface area (Å²) in [5.41, 5.74) is 1.82. The molecule has 0 bridgehead atoms. The van der Waals surface area contributed by atoms with Gasteiger partial charge in [-0.05, 0) is 23.3 Å². The summed E-state index contributed by atoms with van der Waals surface area (Å²) in [5, 5.41) is 5.43. The number of urea groups is 1. The van der Waals surface area contributed by atoms with Gasteiger partial charge < -0.3 is 10.6 Å². The van der Waals surface area contributed by atoms with Gasteiger partial charge in [0.05, 0.1) is 11.8 Å². The minimum atomic E-state index is -3.10. The van der Waals surface area contributed by atoms with Crippen LogP contribution < -0.4 is 10.6 Å². The lowest BCUT2D eigenvalue weighted by Crippen LogP contribution is -2.40. The summed E-state index contributed by atoms with van der Waals surface area (Å²) in [6.07, 6.45) is 4.46. The van der Waals surface area contributed by atoms with E-state index in [9.17, 15) is 13.2 Å². The lowest BCUT2D eigenvalue weighted by Gasteiger charge is -2.20. The fourth-order valence-corrected chi connectivity index (χ4v) is 2.57. The van der Waals surface area contributed by atoms with Crippen molar-refractivity contribution in [3.05, 3.63) is 66.0 Å². The first-order valence-electron chi connectivity index (χ1n) is 7.13. The largest absolute Gasteiger partial charge is 0.337 e. The smallest absolute Gasteiger partial charge is 0.315 e. The van der Waals surface area contributed by atoms with E-state index in [0.29, 0.717) is 0 Å². The van der Waals surface area contributed by atoms with E-state index >= 15 is 0 Å². The maximum Gasteiger partial charge on any atom is 0.315 e. The maximum atomic E-state index is 12.1. The highest BCUT2D eigenvalue weighted by atomic mass is 32.2. The monoisotopic (exact) mass is 333 g/mol. The molecule has 6 nitrogen and oxygen atoms in total. The number of rotatable bonds is 6. The van der Waals surface area contributed by atoms with Crippen LogP contribution in [0.1, 0.15) is 17.2 Å². The molecule has 0 aliphatic carbocycles. The van der Waals surface area contributed by atoms with E-state index in [2.05, 4.69) is 15.6 Å². The molecular formula is C16H19N3O3S. The van der Waals surface area contributed by atoms with E-state index in [-0.39, 0.29) is 18.3 Å². The third-order valence-corrected chi connectivity index (χ3v) is 4.15. The number of pyridine rings is 1. The van der Waals surface area contributed by atoms with E-state index in [1.54, 1.807) is 12.4 Å². The van der Waals surface area contributed by atoms with Crippen LogP contribution in [-0.4, -0.2) is 38.0 Å². The third-order valence-electron chi connectivity index (χ3n) is 3.21. The quantitative estimate of drug-likeness (QED) is 0.839. The van der Waals surface area contributed by atoms with Crippen molar-refractivity contribution in [3.63, 3.8) is 0 Å². The van der Waals surface area contributed by atoms with Crippen LogP contribution in [-0.2, 0) is 9.84 Å². The second-order valence-corrected chi connectivity index (χ2v) is 7.41. The van der Waals surface area contributed by atoms with Crippen molar-refractivity contribution in [2.24, 2.45) is 0 Å². The summed E-state index contributed by atoms with van der Waals surface area (Å²) in [6.45, 7) is 0.0719. The molecular weight excluding hydrogens is 314 g/mol. The highest BCUT2D eigenvalue weighted by molar-refractivity contribution is 7.90. The number of aromatic nitrogens is 1. The topological polar surface area (TPSA) is 88.2 Å². The molecule has 2 amide bonds. The minimum absolute atomic E-state index is 0.0719. The number of hydrogen-bond acceptors (Lipinski definition) is 4. The molecule has 2 aromatic rings. The first-order chi connectivity index (χ1) is 11.0. The van der Waals surface area contributed by atoms with E-state index in [0.717, 1.165) is 17.4 Å². The Morgan fingerprint density at radius 2 is 1.70 bits per heavy atom. The number of hydrogen-bond donors (Lipinski definition) is 2. The number of amides is 2. The SMILES string of the molecule is CS(=O)(=O)CCNC(=O)N[C@@H](c1ccccc1)c1ccncc1. The van der Waals surface area contributed by atoms with Crippen LogP contribution in [0.2, 0.25) is 0 Å². The van der Waals surface area contributed by atoms with Crippen LogP contribution in [0.4, 0.5) is 4.79 Å². The molecule has 0 saturated heterocycles. The Morgan fingerprint density at radius 1 is 1.09 bits per heavy atom. The summed E-state index contributed by atoms with van der Waals surface area (Å²) >= 11 is 0. The second kappa shape index (κ2) is 7.73. The van der Waals surface area contributed by atoms with Gasteiger partial charge in [0.1, 0.15) is 9.84 Å². The van der Waals surface area contributed by atoms with Crippen LogP contribution in [0.15, 0.2) is 54.9 Å². The first kappa shape index (κ1) is 17.0. The van der Waals surface area contributed by atoms with Crippen LogP contribution in [0.3, 0.4) is 0 Å². The fraction of sp³-hybridized carbons (Fsp3) is 0.250. The Morgan fingerprint density at radius 3 is 2.30 bits per heavy atom. The van der Waals surface area contributed by atoms with Gasteiger partial charge in [-0.2, -0.15) is 0 Å². The number of sulfone groups is 1. The molecule has 0 fully saturated rings. The van der Waals surface area contributed by atoms with Crippen LogP contribution in [0.5, 0.6) is 0 Å². The second-order valence-electron chi connectivity index (χ2n) is 5.15. The van der Waals surface area contributed by atoms with Crippen molar-refractivity contribution in [2.75, 3.05) is 18.6 Å². The number of carbonyl (C=O) groups is 1. The molecule has 122 valence electrons. The molecule has 23 heavy (non-hydrogen) atoms. The lowest BCUT2D eigenvalue weighted by atomic mass is 10.00. The summed E-state index contributed by atoms with van der Waals surface area (Å²) in [7, 11) is -3.10. The van der Waals surface area contributed by atoms with E-state index in [4.69, 9.17) is 0 Å². The highest BCUT2D eigenvalue weighted by Gasteiger charge is 2.16. The summed E-state index contributed by atoms with van der Waals surface area (Å²) in [6, 6.07) is 12.4. The summed E-state index contributed by atoms with van der Waals surface area (Å²) < 4.78 is 22.2. The van der Waals surface area contributed by atoms with E-state index in [1.807, 2.05) is 42.5 Å². The molecule has 2 N–H and O–H groups in total. The molecule has 0 aliphatic heterocycles. The average Bonchev–Trinajstić information content (AvgIpc) is 2.53. The Bertz CT molecular complexity index is 694. The van der Waals surface area contributed by atoms with Gasteiger partial charge in [0.2, 0.25) is 0 Å². The Hall–Kier alpha value is -2.41. The van der Waals surface area contributed by atoms with Crippen molar-refractivity contribution in [2.45, 2.75) is 6.04 Å².